The minimum Gasteiger partial charge on any atom is -0.496 e. The van der Waals surface area contributed by atoms with Crippen LogP contribution in [0.25, 0.3) is 11.3 Å². The molecule has 2 aromatic rings. The highest BCUT2D eigenvalue weighted by molar-refractivity contribution is 5.61. The highest BCUT2D eigenvalue weighted by atomic mass is 16.5. The summed E-state index contributed by atoms with van der Waals surface area (Å²) in [5.74, 6) is 1.96. The Hall–Kier alpha value is -1.81. The topological polar surface area (TPSA) is 49.9 Å². The summed E-state index contributed by atoms with van der Waals surface area (Å²) >= 11 is 0. The molecule has 0 amide bonds. The Balaban J connectivity index is 2.23. The van der Waals surface area contributed by atoms with Crippen LogP contribution in [0, 0.1) is 0 Å². The van der Waals surface area contributed by atoms with E-state index in [1.165, 1.54) is 5.56 Å². The number of hydrogen-bond donors (Lipinski definition) is 2. The highest BCUT2D eigenvalue weighted by Gasteiger charge is 2.07. The van der Waals surface area contributed by atoms with Gasteiger partial charge in [0, 0.05) is 18.5 Å². The number of imidazole rings is 1. The van der Waals surface area contributed by atoms with E-state index >= 15 is 0 Å². The second-order valence-electron chi connectivity index (χ2n) is 4.48. The normalized spacial score (nSPS) is 10.7. The number of aryl methyl sites for hydroxylation is 1. The lowest BCUT2D eigenvalue weighted by Crippen LogP contribution is -2.10. The number of ether oxygens (including phenoxy) is 1. The average molecular weight is 259 g/mol. The Morgan fingerprint density at radius 3 is 2.89 bits per heavy atom. The standard InChI is InChI=1S/C15H21N3O/c1-4-11-9-12(5-6-14(11)19-3)13-10-17-15(18-13)7-8-16-2/h5-6,9-10,16H,4,7-8H2,1-3H3,(H,17,18). The van der Waals surface area contributed by atoms with Crippen molar-refractivity contribution in [2.24, 2.45) is 0 Å². The summed E-state index contributed by atoms with van der Waals surface area (Å²) in [5.41, 5.74) is 3.43. The van der Waals surface area contributed by atoms with Gasteiger partial charge >= 0.3 is 0 Å². The molecule has 1 aromatic carbocycles. The number of hydrogen-bond acceptors (Lipinski definition) is 3. The van der Waals surface area contributed by atoms with Crippen molar-refractivity contribution in [1.82, 2.24) is 15.3 Å². The van der Waals surface area contributed by atoms with Gasteiger partial charge in [0.1, 0.15) is 11.6 Å². The Bertz CT molecular complexity index is 534. The smallest absolute Gasteiger partial charge is 0.122 e. The predicted molar refractivity (Wildman–Crippen MR) is 77.6 cm³/mol. The molecule has 102 valence electrons. The maximum absolute atomic E-state index is 5.35. The molecule has 0 spiro atoms. The van der Waals surface area contributed by atoms with E-state index in [0.29, 0.717) is 0 Å². The molecular formula is C15H21N3O. The number of nitrogens with zero attached hydrogens (tertiary/aromatic N) is 1. The van der Waals surface area contributed by atoms with Crippen molar-refractivity contribution >= 4 is 0 Å². The number of H-pyrrole nitrogens is 1. The number of rotatable bonds is 6. The van der Waals surface area contributed by atoms with Crippen molar-refractivity contribution in [3.05, 3.63) is 35.8 Å². The van der Waals surface area contributed by atoms with Crippen LogP contribution in [0.5, 0.6) is 5.75 Å². The van der Waals surface area contributed by atoms with E-state index in [4.69, 9.17) is 4.74 Å². The number of aromatic amines is 1. The van der Waals surface area contributed by atoms with Crippen LogP contribution in [-0.2, 0) is 12.8 Å². The molecule has 0 aliphatic carbocycles. The van der Waals surface area contributed by atoms with E-state index in [1.807, 2.05) is 19.3 Å². The van der Waals surface area contributed by atoms with Gasteiger partial charge in [-0.2, -0.15) is 0 Å². The van der Waals surface area contributed by atoms with Gasteiger partial charge < -0.3 is 15.0 Å². The molecular weight excluding hydrogens is 238 g/mol. The summed E-state index contributed by atoms with van der Waals surface area (Å²) in [6, 6.07) is 6.24. The van der Waals surface area contributed by atoms with Crippen LogP contribution in [0.4, 0.5) is 0 Å². The molecule has 1 heterocycles. The van der Waals surface area contributed by atoms with E-state index in [2.05, 4.69) is 34.3 Å². The number of nitrogens with one attached hydrogen (secondary N) is 2. The first-order chi connectivity index (χ1) is 9.28. The Labute approximate surface area is 114 Å². The molecule has 2 N–H and O–H groups in total. The van der Waals surface area contributed by atoms with Crippen LogP contribution >= 0.6 is 0 Å². The predicted octanol–water partition coefficient (Wildman–Crippen LogP) is 2.41. The molecule has 0 atom stereocenters. The highest BCUT2D eigenvalue weighted by Crippen LogP contribution is 2.26. The van der Waals surface area contributed by atoms with Gasteiger partial charge in [0.25, 0.3) is 0 Å². The second-order valence-corrected chi connectivity index (χ2v) is 4.48. The second kappa shape index (κ2) is 6.38. The van der Waals surface area contributed by atoms with E-state index < -0.39 is 0 Å². The van der Waals surface area contributed by atoms with E-state index in [0.717, 1.165) is 42.2 Å². The molecule has 0 aliphatic rings. The molecule has 2 rings (SSSR count). The van der Waals surface area contributed by atoms with Gasteiger partial charge in [0.2, 0.25) is 0 Å². The van der Waals surface area contributed by atoms with Crippen molar-refractivity contribution in [1.29, 1.82) is 0 Å². The minimum absolute atomic E-state index is 0.910. The van der Waals surface area contributed by atoms with Gasteiger partial charge in [-0.1, -0.05) is 6.92 Å². The zero-order chi connectivity index (χ0) is 13.7. The molecule has 4 heteroatoms. The van der Waals surface area contributed by atoms with Crippen molar-refractivity contribution < 1.29 is 4.74 Å². The molecule has 0 aliphatic heterocycles. The van der Waals surface area contributed by atoms with Crippen LogP contribution in [0.3, 0.4) is 0 Å². The zero-order valence-corrected chi connectivity index (χ0v) is 11.8. The molecule has 0 fully saturated rings. The van der Waals surface area contributed by atoms with Crippen molar-refractivity contribution in [2.75, 3.05) is 20.7 Å². The maximum atomic E-state index is 5.35. The lowest BCUT2D eigenvalue weighted by Gasteiger charge is -2.08. The van der Waals surface area contributed by atoms with Gasteiger partial charge in [-0.05, 0) is 37.2 Å². The van der Waals surface area contributed by atoms with Crippen LogP contribution < -0.4 is 10.1 Å². The third-order valence-corrected chi connectivity index (χ3v) is 3.21. The molecule has 1 aromatic heterocycles. The molecule has 0 unspecified atom stereocenters. The minimum atomic E-state index is 0.910. The van der Waals surface area contributed by atoms with Crippen LogP contribution in [-0.4, -0.2) is 30.7 Å². The largest absolute Gasteiger partial charge is 0.496 e. The Morgan fingerprint density at radius 1 is 1.37 bits per heavy atom. The summed E-state index contributed by atoms with van der Waals surface area (Å²) in [5, 5.41) is 3.12. The first kappa shape index (κ1) is 13.6. The van der Waals surface area contributed by atoms with Gasteiger partial charge in [-0.3, -0.25) is 0 Å². The third kappa shape index (κ3) is 3.15. The first-order valence-corrected chi connectivity index (χ1v) is 6.64. The molecule has 4 nitrogen and oxygen atoms in total. The van der Waals surface area contributed by atoms with Crippen molar-refractivity contribution in [3.63, 3.8) is 0 Å². The van der Waals surface area contributed by atoms with Crippen molar-refractivity contribution in [3.8, 4) is 17.0 Å². The summed E-state index contributed by atoms with van der Waals surface area (Å²) in [4.78, 5) is 7.76. The van der Waals surface area contributed by atoms with Gasteiger partial charge in [0.15, 0.2) is 0 Å². The molecule has 0 saturated heterocycles. The van der Waals surface area contributed by atoms with Crippen LogP contribution in [0.2, 0.25) is 0 Å². The van der Waals surface area contributed by atoms with Gasteiger partial charge in [-0.15, -0.1) is 0 Å². The number of benzene rings is 1. The van der Waals surface area contributed by atoms with Crippen LogP contribution in [0.1, 0.15) is 18.3 Å². The average Bonchev–Trinajstić information content (AvgIpc) is 2.93. The summed E-state index contributed by atoms with van der Waals surface area (Å²) in [6.07, 6.45) is 3.76. The lowest BCUT2D eigenvalue weighted by atomic mass is 10.1. The summed E-state index contributed by atoms with van der Waals surface area (Å²) < 4.78 is 5.35. The van der Waals surface area contributed by atoms with Crippen LogP contribution in [0.15, 0.2) is 24.4 Å². The maximum Gasteiger partial charge on any atom is 0.122 e. The lowest BCUT2D eigenvalue weighted by molar-refractivity contribution is 0.410. The van der Waals surface area contributed by atoms with E-state index in [1.54, 1.807) is 7.11 Å². The zero-order valence-electron chi connectivity index (χ0n) is 11.8. The third-order valence-electron chi connectivity index (χ3n) is 3.21. The molecule has 19 heavy (non-hydrogen) atoms. The SMILES string of the molecule is CCc1cc(-c2cnc(CCNC)[nH]2)ccc1OC. The number of likely N-dealkylation sites (N-methyl/N-ethyl adjacent to an activating group) is 1. The fourth-order valence-corrected chi connectivity index (χ4v) is 2.10. The van der Waals surface area contributed by atoms with Gasteiger partial charge in [0.05, 0.1) is 19.0 Å². The van der Waals surface area contributed by atoms with Gasteiger partial charge in [-0.25, -0.2) is 4.98 Å². The fourth-order valence-electron chi connectivity index (χ4n) is 2.10. The monoisotopic (exact) mass is 259 g/mol. The fraction of sp³-hybridized carbons (Fsp3) is 0.400. The first-order valence-electron chi connectivity index (χ1n) is 6.64. The summed E-state index contributed by atoms with van der Waals surface area (Å²) in [6.45, 7) is 3.06. The summed E-state index contributed by atoms with van der Waals surface area (Å²) in [7, 11) is 3.65. The van der Waals surface area contributed by atoms with Crippen molar-refractivity contribution in [2.45, 2.75) is 19.8 Å². The Morgan fingerprint density at radius 2 is 2.21 bits per heavy atom. The number of aromatic nitrogens is 2. The van der Waals surface area contributed by atoms with E-state index in [-0.39, 0.29) is 0 Å². The molecule has 0 bridgehead atoms. The number of methoxy groups -OCH3 is 1. The Kier molecular flexibility index (Phi) is 4.58. The molecule has 0 saturated carbocycles. The molecule has 0 radical (unpaired) electrons. The quantitative estimate of drug-likeness (QED) is 0.837. The van der Waals surface area contributed by atoms with E-state index in [9.17, 15) is 0 Å².